The minimum Gasteiger partial charge on any atom is -0.373 e. The summed E-state index contributed by atoms with van der Waals surface area (Å²) in [6.45, 7) is 15.3. The van der Waals surface area contributed by atoms with Crippen molar-refractivity contribution in [2.45, 2.75) is 47.1 Å². The Bertz CT molecular complexity index is 102. The Labute approximate surface area is 84.3 Å². The molecule has 0 aromatic heterocycles. The summed E-state index contributed by atoms with van der Waals surface area (Å²) in [5.74, 6) is 0. The molecule has 1 rings (SSSR count). The van der Waals surface area contributed by atoms with Crippen molar-refractivity contribution in [2.24, 2.45) is 0 Å². The van der Waals surface area contributed by atoms with Crippen LogP contribution in [0.3, 0.4) is 0 Å². The topological polar surface area (TPSA) is 12.5 Å². The fourth-order valence-corrected chi connectivity index (χ4v) is 1.25. The summed E-state index contributed by atoms with van der Waals surface area (Å²) < 4.78 is 5.49. The summed E-state index contributed by atoms with van der Waals surface area (Å²) in [6.07, 6.45) is 0. The van der Waals surface area contributed by atoms with E-state index >= 15 is 0 Å². The monoisotopic (exact) mass is 189 g/mol. The van der Waals surface area contributed by atoms with Gasteiger partial charge in [-0.3, -0.25) is 0 Å². The number of rotatable bonds is 0. The van der Waals surface area contributed by atoms with E-state index in [1.54, 1.807) is 0 Å². The second-order valence-electron chi connectivity index (χ2n) is 3.35. The minimum atomic E-state index is 0.0764. The molecule has 0 unspecified atom stereocenters. The van der Waals surface area contributed by atoms with Crippen LogP contribution in [-0.4, -0.2) is 37.2 Å². The van der Waals surface area contributed by atoms with Gasteiger partial charge in [-0.2, -0.15) is 0 Å². The van der Waals surface area contributed by atoms with E-state index in [4.69, 9.17) is 4.74 Å². The smallest absolute Gasteiger partial charge is 0.0753 e. The molecule has 2 heteroatoms. The predicted octanol–water partition coefficient (Wildman–Crippen LogP) is 2.78. The Morgan fingerprint density at radius 2 is 1.54 bits per heavy atom. The van der Waals surface area contributed by atoms with Gasteiger partial charge < -0.3 is 9.64 Å². The normalized spacial score (nSPS) is 20.5. The molecule has 1 aliphatic rings. The Hall–Kier alpha value is -0.0800. The molecule has 0 amide bonds. The van der Waals surface area contributed by atoms with Gasteiger partial charge in [0.15, 0.2) is 0 Å². The standard InChI is InChI=1S/C7H15NO.2C2H6/c1-7(2)6-8(3)4-5-9-7;2*1-2/h4-6H2,1-3H3;2*1-2H3. The van der Waals surface area contributed by atoms with Gasteiger partial charge in [-0.05, 0) is 20.9 Å². The maximum absolute atomic E-state index is 5.49. The Balaban J connectivity index is 0. The number of hydrogen-bond donors (Lipinski definition) is 0. The van der Waals surface area contributed by atoms with Gasteiger partial charge in [-0.25, -0.2) is 0 Å². The molecule has 0 N–H and O–H groups in total. The van der Waals surface area contributed by atoms with Crippen LogP contribution in [0.15, 0.2) is 0 Å². The van der Waals surface area contributed by atoms with Crippen LogP contribution in [0.1, 0.15) is 41.5 Å². The van der Waals surface area contributed by atoms with Gasteiger partial charge in [-0.15, -0.1) is 0 Å². The lowest BCUT2D eigenvalue weighted by molar-refractivity contribution is -0.0789. The summed E-state index contributed by atoms with van der Waals surface area (Å²) in [5, 5.41) is 0. The number of nitrogens with zero attached hydrogens (tertiary/aromatic N) is 1. The molecule has 0 atom stereocenters. The number of hydrogen-bond acceptors (Lipinski definition) is 2. The minimum absolute atomic E-state index is 0.0764. The van der Waals surface area contributed by atoms with Crippen molar-refractivity contribution in [3.8, 4) is 0 Å². The van der Waals surface area contributed by atoms with Gasteiger partial charge in [-0.1, -0.05) is 27.7 Å². The number of morpholine rings is 1. The van der Waals surface area contributed by atoms with E-state index in [1.807, 2.05) is 27.7 Å². The first-order chi connectivity index (χ1) is 6.10. The molecule has 0 aliphatic carbocycles. The predicted molar refractivity (Wildman–Crippen MR) is 60.2 cm³/mol. The molecule has 1 saturated heterocycles. The van der Waals surface area contributed by atoms with Crippen LogP contribution in [-0.2, 0) is 4.74 Å². The van der Waals surface area contributed by atoms with Crippen molar-refractivity contribution in [3.05, 3.63) is 0 Å². The molecule has 1 fully saturated rings. The van der Waals surface area contributed by atoms with Crippen LogP contribution in [0.2, 0.25) is 0 Å². The highest BCUT2D eigenvalue weighted by atomic mass is 16.5. The third kappa shape index (κ3) is 8.26. The summed E-state index contributed by atoms with van der Waals surface area (Å²) >= 11 is 0. The molecule has 0 radical (unpaired) electrons. The average Bonchev–Trinajstić information content (AvgIpc) is 2.09. The third-order valence-corrected chi connectivity index (χ3v) is 1.62. The lowest BCUT2D eigenvalue weighted by Crippen LogP contribution is -2.46. The fourth-order valence-electron chi connectivity index (χ4n) is 1.25. The van der Waals surface area contributed by atoms with Crippen molar-refractivity contribution in [1.82, 2.24) is 4.90 Å². The zero-order valence-corrected chi connectivity index (χ0v) is 10.5. The largest absolute Gasteiger partial charge is 0.373 e. The molecular formula is C11H27NO. The van der Waals surface area contributed by atoms with Crippen molar-refractivity contribution in [3.63, 3.8) is 0 Å². The fraction of sp³-hybridized carbons (Fsp3) is 1.00. The zero-order chi connectivity index (χ0) is 10.9. The number of ether oxygens (including phenoxy) is 1. The summed E-state index contributed by atoms with van der Waals surface area (Å²) in [6, 6.07) is 0. The number of likely N-dealkylation sites (N-methyl/N-ethyl adjacent to an activating group) is 1. The molecule has 2 nitrogen and oxygen atoms in total. The maximum Gasteiger partial charge on any atom is 0.0753 e. The lowest BCUT2D eigenvalue weighted by Gasteiger charge is -2.35. The second-order valence-corrected chi connectivity index (χ2v) is 3.35. The van der Waals surface area contributed by atoms with Crippen LogP contribution >= 0.6 is 0 Å². The SMILES string of the molecule is CC.CC.CN1CCOC(C)(C)C1. The molecule has 0 aromatic rings. The maximum atomic E-state index is 5.49. The van der Waals surface area contributed by atoms with Gasteiger partial charge in [0, 0.05) is 13.1 Å². The Morgan fingerprint density at radius 1 is 1.08 bits per heavy atom. The van der Waals surface area contributed by atoms with E-state index in [-0.39, 0.29) is 5.60 Å². The first-order valence-electron chi connectivity index (χ1n) is 5.43. The first kappa shape index (κ1) is 15.4. The van der Waals surface area contributed by atoms with E-state index in [0.29, 0.717) is 0 Å². The molecule has 0 bridgehead atoms. The molecule has 0 spiro atoms. The van der Waals surface area contributed by atoms with Crippen molar-refractivity contribution < 1.29 is 4.74 Å². The van der Waals surface area contributed by atoms with Crippen molar-refractivity contribution in [2.75, 3.05) is 26.7 Å². The summed E-state index contributed by atoms with van der Waals surface area (Å²) in [4.78, 5) is 2.30. The quantitative estimate of drug-likeness (QED) is 0.581. The van der Waals surface area contributed by atoms with Gasteiger partial charge in [0.05, 0.1) is 12.2 Å². The molecule has 0 saturated carbocycles. The Kier molecular flexibility index (Phi) is 10.1. The average molecular weight is 189 g/mol. The van der Waals surface area contributed by atoms with Crippen molar-refractivity contribution in [1.29, 1.82) is 0 Å². The van der Waals surface area contributed by atoms with Gasteiger partial charge in [0.1, 0.15) is 0 Å². The summed E-state index contributed by atoms with van der Waals surface area (Å²) in [7, 11) is 2.13. The lowest BCUT2D eigenvalue weighted by atomic mass is 10.1. The molecule has 13 heavy (non-hydrogen) atoms. The van der Waals surface area contributed by atoms with Crippen LogP contribution in [0.4, 0.5) is 0 Å². The van der Waals surface area contributed by atoms with Gasteiger partial charge in [0.2, 0.25) is 0 Å². The molecule has 1 aliphatic heterocycles. The third-order valence-electron chi connectivity index (χ3n) is 1.62. The first-order valence-corrected chi connectivity index (χ1v) is 5.43. The van der Waals surface area contributed by atoms with E-state index in [0.717, 1.165) is 19.7 Å². The van der Waals surface area contributed by atoms with Crippen molar-refractivity contribution >= 4 is 0 Å². The molecular weight excluding hydrogens is 162 g/mol. The molecule has 82 valence electrons. The van der Waals surface area contributed by atoms with Gasteiger partial charge in [0.25, 0.3) is 0 Å². The van der Waals surface area contributed by atoms with Gasteiger partial charge >= 0.3 is 0 Å². The second kappa shape index (κ2) is 8.52. The molecule has 1 heterocycles. The molecule has 0 aromatic carbocycles. The van der Waals surface area contributed by atoms with Crippen LogP contribution in [0.5, 0.6) is 0 Å². The van der Waals surface area contributed by atoms with E-state index in [2.05, 4.69) is 25.8 Å². The summed E-state index contributed by atoms with van der Waals surface area (Å²) in [5.41, 5.74) is 0.0764. The van der Waals surface area contributed by atoms with E-state index < -0.39 is 0 Å². The highest BCUT2D eigenvalue weighted by Crippen LogP contribution is 2.14. The van der Waals surface area contributed by atoms with Crippen LogP contribution in [0.25, 0.3) is 0 Å². The Morgan fingerprint density at radius 3 is 1.77 bits per heavy atom. The van der Waals surface area contributed by atoms with E-state index in [9.17, 15) is 0 Å². The van der Waals surface area contributed by atoms with E-state index in [1.165, 1.54) is 0 Å². The highest BCUT2D eigenvalue weighted by molar-refractivity contribution is 4.76. The zero-order valence-electron chi connectivity index (χ0n) is 10.5. The highest BCUT2D eigenvalue weighted by Gasteiger charge is 2.24. The van der Waals surface area contributed by atoms with Crippen LogP contribution < -0.4 is 0 Å². The van der Waals surface area contributed by atoms with Crippen LogP contribution in [0, 0.1) is 0 Å².